The molecule has 0 aromatic heterocycles. The fraction of sp³-hybridized carbons (Fsp3) is 0.650. The quantitative estimate of drug-likeness (QED) is 0.821. The molecular weight excluding hydrogens is 302 g/mol. The van der Waals surface area contributed by atoms with Crippen molar-refractivity contribution in [2.45, 2.75) is 57.6 Å². The largest absolute Gasteiger partial charge is 0.491 e. The van der Waals surface area contributed by atoms with Crippen molar-refractivity contribution in [3.63, 3.8) is 0 Å². The second kappa shape index (κ2) is 8.02. The van der Waals surface area contributed by atoms with Crippen LogP contribution >= 0.6 is 0 Å². The van der Waals surface area contributed by atoms with Gasteiger partial charge in [-0.3, -0.25) is 4.79 Å². The standard InChI is InChI=1S/C20H29NO3/c1-15-8-10-17(11-9-15)21(2)20(22)16-5-3-6-18(13-16)24-14-19-7-4-12-23-19/h3,5-6,13,15,17,19H,4,7-12,14H2,1-2H3. The molecule has 1 aliphatic carbocycles. The molecule has 3 rings (SSSR count). The zero-order valence-corrected chi connectivity index (χ0v) is 14.9. The van der Waals surface area contributed by atoms with Crippen molar-refractivity contribution in [2.24, 2.45) is 5.92 Å². The Morgan fingerprint density at radius 2 is 2.04 bits per heavy atom. The van der Waals surface area contributed by atoms with Gasteiger partial charge >= 0.3 is 0 Å². The maximum absolute atomic E-state index is 12.8. The summed E-state index contributed by atoms with van der Waals surface area (Å²) in [5.41, 5.74) is 0.709. The van der Waals surface area contributed by atoms with Crippen LogP contribution in [0, 0.1) is 5.92 Å². The lowest BCUT2D eigenvalue weighted by molar-refractivity contribution is 0.0666. The van der Waals surface area contributed by atoms with E-state index in [-0.39, 0.29) is 12.0 Å². The molecule has 1 saturated carbocycles. The SMILES string of the molecule is CC1CCC(N(C)C(=O)c2cccc(OCC3CCCO3)c2)CC1. The Labute approximate surface area is 145 Å². The van der Waals surface area contributed by atoms with E-state index in [2.05, 4.69) is 6.92 Å². The number of hydrogen-bond acceptors (Lipinski definition) is 3. The lowest BCUT2D eigenvalue weighted by Crippen LogP contribution is -2.39. The van der Waals surface area contributed by atoms with E-state index in [1.807, 2.05) is 36.2 Å². The van der Waals surface area contributed by atoms with E-state index in [0.29, 0.717) is 18.2 Å². The van der Waals surface area contributed by atoms with Gasteiger partial charge in [-0.1, -0.05) is 13.0 Å². The highest BCUT2D eigenvalue weighted by Gasteiger charge is 2.25. The Bertz CT molecular complexity index is 546. The van der Waals surface area contributed by atoms with Crippen molar-refractivity contribution in [3.8, 4) is 5.75 Å². The summed E-state index contributed by atoms with van der Waals surface area (Å²) < 4.78 is 11.4. The number of carbonyl (C=O) groups is 1. The predicted octanol–water partition coefficient (Wildman–Crippen LogP) is 3.90. The van der Waals surface area contributed by atoms with E-state index in [9.17, 15) is 4.79 Å². The van der Waals surface area contributed by atoms with Crippen molar-refractivity contribution in [1.82, 2.24) is 4.90 Å². The molecule has 4 nitrogen and oxygen atoms in total. The molecule has 1 heterocycles. The van der Waals surface area contributed by atoms with Crippen LogP contribution in [-0.4, -0.2) is 43.2 Å². The van der Waals surface area contributed by atoms with Gasteiger partial charge in [-0.05, 0) is 62.6 Å². The van der Waals surface area contributed by atoms with Crippen LogP contribution in [0.15, 0.2) is 24.3 Å². The number of ether oxygens (including phenoxy) is 2. The fourth-order valence-electron chi connectivity index (χ4n) is 3.68. The van der Waals surface area contributed by atoms with E-state index >= 15 is 0 Å². The minimum Gasteiger partial charge on any atom is -0.491 e. The van der Waals surface area contributed by atoms with Crippen molar-refractivity contribution in [3.05, 3.63) is 29.8 Å². The first kappa shape index (κ1) is 17.3. The molecule has 1 aromatic carbocycles. The summed E-state index contributed by atoms with van der Waals surface area (Å²) >= 11 is 0. The molecule has 0 spiro atoms. The number of carbonyl (C=O) groups excluding carboxylic acids is 1. The van der Waals surface area contributed by atoms with E-state index in [0.717, 1.165) is 44.0 Å². The molecule has 1 saturated heterocycles. The topological polar surface area (TPSA) is 38.8 Å². The Morgan fingerprint density at radius 1 is 1.25 bits per heavy atom. The van der Waals surface area contributed by atoms with Crippen molar-refractivity contribution in [1.29, 1.82) is 0 Å². The Hall–Kier alpha value is -1.55. The minimum absolute atomic E-state index is 0.0946. The minimum atomic E-state index is 0.0946. The van der Waals surface area contributed by atoms with Gasteiger partial charge in [0.2, 0.25) is 0 Å². The predicted molar refractivity (Wildman–Crippen MR) is 94.4 cm³/mol. The smallest absolute Gasteiger partial charge is 0.253 e. The summed E-state index contributed by atoms with van der Waals surface area (Å²) in [6.07, 6.45) is 7.01. The van der Waals surface area contributed by atoms with Crippen LogP contribution in [0.4, 0.5) is 0 Å². The monoisotopic (exact) mass is 331 g/mol. The highest BCUT2D eigenvalue weighted by atomic mass is 16.5. The molecule has 1 amide bonds. The van der Waals surface area contributed by atoms with E-state index in [1.165, 1.54) is 12.8 Å². The lowest BCUT2D eigenvalue weighted by atomic mass is 9.86. The molecule has 1 unspecified atom stereocenters. The maximum atomic E-state index is 12.8. The molecule has 2 fully saturated rings. The lowest BCUT2D eigenvalue weighted by Gasteiger charge is -2.33. The Morgan fingerprint density at radius 3 is 2.75 bits per heavy atom. The summed E-state index contributed by atoms with van der Waals surface area (Å²) in [5.74, 6) is 1.64. The molecule has 0 radical (unpaired) electrons. The van der Waals surface area contributed by atoms with Gasteiger partial charge in [-0.25, -0.2) is 0 Å². The van der Waals surface area contributed by atoms with Gasteiger partial charge in [-0.2, -0.15) is 0 Å². The van der Waals surface area contributed by atoms with Gasteiger partial charge in [0.05, 0.1) is 6.10 Å². The molecule has 1 atom stereocenters. The summed E-state index contributed by atoms with van der Waals surface area (Å²) in [6, 6.07) is 7.91. The zero-order chi connectivity index (χ0) is 16.9. The Balaban J connectivity index is 1.58. The average molecular weight is 331 g/mol. The third kappa shape index (κ3) is 4.29. The van der Waals surface area contributed by atoms with E-state index in [1.54, 1.807) is 0 Å². The normalized spacial score (nSPS) is 27.0. The molecule has 0 bridgehead atoms. The highest BCUT2D eigenvalue weighted by Crippen LogP contribution is 2.27. The van der Waals surface area contributed by atoms with Gasteiger partial charge in [0, 0.05) is 25.3 Å². The molecule has 1 aromatic rings. The van der Waals surface area contributed by atoms with Crippen LogP contribution in [0.25, 0.3) is 0 Å². The van der Waals surface area contributed by atoms with Crippen LogP contribution in [0.1, 0.15) is 55.8 Å². The summed E-state index contributed by atoms with van der Waals surface area (Å²) in [5, 5.41) is 0. The highest BCUT2D eigenvalue weighted by molar-refractivity contribution is 5.94. The first-order chi connectivity index (χ1) is 11.6. The third-order valence-corrected chi connectivity index (χ3v) is 5.39. The van der Waals surface area contributed by atoms with Crippen LogP contribution in [0.2, 0.25) is 0 Å². The molecule has 2 aliphatic rings. The van der Waals surface area contributed by atoms with Gasteiger partial charge in [-0.15, -0.1) is 0 Å². The van der Waals surface area contributed by atoms with Crippen molar-refractivity contribution >= 4 is 5.91 Å². The van der Waals surface area contributed by atoms with Crippen LogP contribution < -0.4 is 4.74 Å². The molecule has 0 N–H and O–H groups in total. The van der Waals surface area contributed by atoms with Crippen molar-refractivity contribution in [2.75, 3.05) is 20.3 Å². The number of hydrogen-bond donors (Lipinski definition) is 0. The van der Waals surface area contributed by atoms with E-state index in [4.69, 9.17) is 9.47 Å². The zero-order valence-electron chi connectivity index (χ0n) is 14.9. The van der Waals surface area contributed by atoms with Crippen LogP contribution in [-0.2, 0) is 4.74 Å². The molecule has 24 heavy (non-hydrogen) atoms. The summed E-state index contributed by atoms with van der Waals surface area (Å²) in [6.45, 7) is 3.69. The first-order valence-corrected chi connectivity index (χ1v) is 9.25. The van der Waals surface area contributed by atoms with Gasteiger partial charge in [0.1, 0.15) is 12.4 Å². The number of benzene rings is 1. The molecule has 132 valence electrons. The van der Waals surface area contributed by atoms with Crippen LogP contribution in [0.5, 0.6) is 5.75 Å². The molecule has 1 aliphatic heterocycles. The fourth-order valence-corrected chi connectivity index (χ4v) is 3.68. The molecular formula is C20H29NO3. The number of nitrogens with zero attached hydrogens (tertiary/aromatic N) is 1. The Kier molecular flexibility index (Phi) is 5.77. The summed E-state index contributed by atoms with van der Waals surface area (Å²) in [4.78, 5) is 14.7. The van der Waals surface area contributed by atoms with Crippen molar-refractivity contribution < 1.29 is 14.3 Å². The van der Waals surface area contributed by atoms with Gasteiger partial charge in [0.15, 0.2) is 0 Å². The number of amides is 1. The first-order valence-electron chi connectivity index (χ1n) is 9.25. The van der Waals surface area contributed by atoms with Gasteiger partial charge in [0.25, 0.3) is 5.91 Å². The summed E-state index contributed by atoms with van der Waals surface area (Å²) in [7, 11) is 1.93. The second-order valence-electron chi connectivity index (χ2n) is 7.30. The second-order valence-corrected chi connectivity index (χ2v) is 7.30. The third-order valence-electron chi connectivity index (χ3n) is 5.39. The maximum Gasteiger partial charge on any atom is 0.253 e. The number of rotatable bonds is 5. The van der Waals surface area contributed by atoms with E-state index < -0.39 is 0 Å². The van der Waals surface area contributed by atoms with Gasteiger partial charge < -0.3 is 14.4 Å². The molecule has 4 heteroatoms. The average Bonchev–Trinajstić information content (AvgIpc) is 3.13. The van der Waals surface area contributed by atoms with Crippen LogP contribution in [0.3, 0.4) is 0 Å².